The molecule has 22 heavy (non-hydrogen) atoms. The molecule has 1 aromatic rings. The Balaban J connectivity index is 2.09. The van der Waals surface area contributed by atoms with Crippen LogP contribution in [0.3, 0.4) is 0 Å². The largest absolute Gasteiger partial charge is 0.490 e. The summed E-state index contributed by atoms with van der Waals surface area (Å²) in [5.74, 6) is 0.271. The van der Waals surface area contributed by atoms with Gasteiger partial charge in [-0.15, -0.1) is 6.58 Å². The summed E-state index contributed by atoms with van der Waals surface area (Å²) in [5.41, 5.74) is -0.671. The smallest absolute Gasteiger partial charge is 0.310 e. The fraction of sp³-hybridized carbons (Fsp3) is 0.500. The first-order chi connectivity index (χ1) is 10.5. The van der Waals surface area contributed by atoms with Crippen molar-refractivity contribution >= 4 is 21.9 Å². The molecule has 4 heteroatoms. The van der Waals surface area contributed by atoms with E-state index in [1.165, 1.54) is 0 Å². The molecule has 0 spiro atoms. The van der Waals surface area contributed by atoms with Gasteiger partial charge in [0.15, 0.2) is 0 Å². The van der Waals surface area contributed by atoms with Gasteiger partial charge in [0.2, 0.25) is 0 Å². The number of ether oxygens (including phenoxy) is 1. The monoisotopic (exact) mass is 366 g/mol. The highest BCUT2D eigenvalue weighted by Gasteiger charge is 2.48. The molecule has 3 nitrogen and oxygen atoms in total. The average Bonchev–Trinajstić information content (AvgIpc) is 2.51. The third-order valence-corrected chi connectivity index (χ3v) is 5.31. The van der Waals surface area contributed by atoms with Crippen molar-refractivity contribution in [3.8, 4) is 5.75 Å². The molecular formula is C18H23BrO3. The van der Waals surface area contributed by atoms with Gasteiger partial charge in [-0.3, -0.25) is 4.79 Å². The number of allylic oxidation sites excluding steroid dienone is 1. The number of carboxylic acids is 1. The van der Waals surface area contributed by atoms with Gasteiger partial charge in [-0.1, -0.05) is 35.4 Å². The van der Waals surface area contributed by atoms with Crippen molar-refractivity contribution in [3.63, 3.8) is 0 Å². The van der Waals surface area contributed by atoms with Crippen molar-refractivity contribution < 1.29 is 14.6 Å². The number of hydrogen-bond donors (Lipinski definition) is 1. The van der Waals surface area contributed by atoms with Gasteiger partial charge in [0.25, 0.3) is 0 Å². The Morgan fingerprint density at radius 2 is 2.18 bits per heavy atom. The lowest BCUT2D eigenvalue weighted by Gasteiger charge is -2.43. The summed E-state index contributed by atoms with van der Waals surface area (Å²) in [6, 6.07) is 7.78. The Bertz CT molecular complexity index is 526. The molecule has 1 N–H and O–H groups in total. The SMILES string of the molecule is C=CCC1(C(=O)O)CCC(Oc2ccc(Br)cc2)CC1CC. The third kappa shape index (κ3) is 3.54. The molecule has 0 heterocycles. The zero-order chi connectivity index (χ0) is 16.2. The van der Waals surface area contributed by atoms with Crippen LogP contribution in [0.4, 0.5) is 0 Å². The van der Waals surface area contributed by atoms with Gasteiger partial charge >= 0.3 is 5.97 Å². The van der Waals surface area contributed by atoms with Crippen molar-refractivity contribution in [2.75, 3.05) is 0 Å². The summed E-state index contributed by atoms with van der Waals surface area (Å²) in [5, 5.41) is 9.73. The van der Waals surface area contributed by atoms with E-state index < -0.39 is 11.4 Å². The molecule has 1 fully saturated rings. The molecule has 0 aromatic heterocycles. The predicted molar refractivity (Wildman–Crippen MR) is 91.1 cm³/mol. The first-order valence-electron chi connectivity index (χ1n) is 7.78. The van der Waals surface area contributed by atoms with Crippen molar-refractivity contribution in [1.82, 2.24) is 0 Å². The van der Waals surface area contributed by atoms with Gasteiger partial charge in [0.1, 0.15) is 5.75 Å². The van der Waals surface area contributed by atoms with Crippen LogP contribution in [-0.4, -0.2) is 17.2 Å². The van der Waals surface area contributed by atoms with Crippen molar-refractivity contribution in [1.29, 1.82) is 0 Å². The van der Waals surface area contributed by atoms with E-state index in [1.807, 2.05) is 24.3 Å². The van der Waals surface area contributed by atoms with Gasteiger partial charge in [0.05, 0.1) is 11.5 Å². The van der Waals surface area contributed by atoms with Crippen LogP contribution < -0.4 is 4.74 Å². The summed E-state index contributed by atoms with van der Waals surface area (Å²) < 4.78 is 7.07. The minimum absolute atomic E-state index is 0.0865. The van der Waals surface area contributed by atoms with Crippen LogP contribution in [-0.2, 0) is 4.79 Å². The molecule has 0 aliphatic heterocycles. The fourth-order valence-corrected chi connectivity index (χ4v) is 3.81. The maximum absolute atomic E-state index is 11.8. The normalized spacial score (nSPS) is 28.1. The van der Waals surface area contributed by atoms with Gasteiger partial charge in [0, 0.05) is 4.47 Å². The second kappa shape index (κ2) is 7.32. The lowest BCUT2D eigenvalue weighted by Crippen LogP contribution is -2.45. The summed E-state index contributed by atoms with van der Waals surface area (Å²) in [4.78, 5) is 11.8. The average molecular weight is 367 g/mol. The Morgan fingerprint density at radius 1 is 1.50 bits per heavy atom. The summed E-state index contributed by atoms with van der Waals surface area (Å²) in [6.45, 7) is 5.81. The van der Waals surface area contributed by atoms with Crippen LogP contribution >= 0.6 is 15.9 Å². The number of aliphatic carboxylic acids is 1. The molecule has 1 aliphatic rings. The minimum Gasteiger partial charge on any atom is -0.490 e. The van der Waals surface area contributed by atoms with Crippen molar-refractivity contribution in [2.24, 2.45) is 11.3 Å². The van der Waals surface area contributed by atoms with Gasteiger partial charge in [-0.25, -0.2) is 0 Å². The maximum atomic E-state index is 11.8. The molecule has 0 amide bonds. The quantitative estimate of drug-likeness (QED) is 0.716. The van der Waals surface area contributed by atoms with E-state index in [0.717, 1.165) is 29.5 Å². The second-order valence-corrected chi connectivity index (χ2v) is 6.94. The lowest BCUT2D eigenvalue weighted by molar-refractivity contribution is -0.157. The summed E-state index contributed by atoms with van der Waals surface area (Å²) in [6.07, 6.45) is 5.41. The molecule has 2 rings (SSSR count). The van der Waals surface area contributed by atoms with Crippen LogP contribution in [0.25, 0.3) is 0 Å². The Hall–Kier alpha value is -1.29. The highest BCUT2D eigenvalue weighted by molar-refractivity contribution is 9.10. The third-order valence-electron chi connectivity index (χ3n) is 4.79. The predicted octanol–water partition coefficient (Wildman–Crippen LogP) is 5.05. The van der Waals surface area contributed by atoms with Crippen molar-refractivity contribution in [2.45, 2.75) is 45.1 Å². The maximum Gasteiger partial charge on any atom is 0.310 e. The molecule has 1 saturated carbocycles. The van der Waals surface area contributed by atoms with E-state index in [0.29, 0.717) is 12.8 Å². The van der Waals surface area contributed by atoms with Crippen LogP contribution in [0.2, 0.25) is 0 Å². The van der Waals surface area contributed by atoms with E-state index in [9.17, 15) is 9.90 Å². The Labute approximate surface area is 140 Å². The Kier molecular flexibility index (Phi) is 5.68. The van der Waals surface area contributed by atoms with Gasteiger partial charge in [-0.2, -0.15) is 0 Å². The number of rotatable bonds is 6. The second-order valence-electron chi connectivity index (χ2n) is 6.03. The molecule has 3 atom stereocenters. The minimum atomic E-state index is -0.693. The first kappa shape index (κ1) is 17.1. The van der Waals surface area contributed by atoms with E-state index >= 15 is 0 Å². The molecular weight excluding hydrogens is 344 g/mol. The zero-order valence-electron chi connectivity index (χ0n) is 12.9. The number of hydrogen-bond acceptors (Lipinski definition) is 2. The fourth-order valence-electron chi connectivity index (χ4n) is 3.55. The molecule has 0 saturated heterocycles. The lowest BCUT2D eigenvalue weighted by atomic mass is 9.62. The molecule has 1 aromatic carbocycles. The van der Waals surface area contributed by atoms with Crippen LogP contribution in [0, 0.1) is 11.3 Å². The van der Waals surface area contributed by atoms with Gasteiger partial charge < -0.3 is 9.84 Å². The van der Waals surface area contributed by atoms with Crippen LogP contribution in [0.1, 0.15) is 39.0 Å². The van der Waals surface area contributed by atoms with Crippen LogP contribution in [0.5, 0.6) is 5.75 Å². The standard InChI is InChI=1S/C18H23BrO3/c1-3-10-18(17(20)21)11-9-16(12-13(18)4-2)22-15-7-5-14(19)6-8-15/h3,5-8,13,16H,1,4,9-12H2,2H3,(H,20,21). The van der Waals surface area contributed by atoms with E-state index in [-0.39, 0.29) is 12.0 Å². The molecule has 0 radical (unpaired) electrons. The van der Waals surface area contributed by atoms with Crippen molar-refractivity contribution in [3.05, 3.63) is 41.4 Å². The summed E-state index contributed by atoms with van der Waals surface area (Å²) in [7, 11) is 0. The number of halogens is 1. The molecule has 0 bridgehead atoms. The number of carbonyl (C=O) groups is 1. The molecule has 3 unspecified atom stereocenters. The summed E-state index contributed by atoms with van der Waals surface area (Å²) >= 11 is 3.41. The highest BCUT2D eigenvalue weighted by Crippen LogP contribution is 2.47. The highest BCUT2D eigenvalue weighted by atomic mass is 79.9. The topological polar surface area (TPSA) is 46.5 Å². The Morgan fingerprint density at radius 3 is 2.73 bits per heavy atom. The number of carboxylic acid groups (broad SMARTS) is 1. The zero-order valence-corrected chi connectivity index (χ0v) is 14.5. The number of benzene rings is 1. The molecule has 120 valence electrons. The van der Waals surface area contributed by atoms with Gasteiger partial charge in [-0.05, 0) is 55.9 Å². The van der Waals surface area contributed by atoms with Crippen LogP contribution in [0.15, 0.2) is 41.4 Å². The first-order valence-corrected chi connectivity index (χ1v) is 8.57. The molecule has 1 aliphatic carbocycles. The van der Waals surface area contributed by atoms with E-state index in [4.69, 9.17) is 4.74 Å². The van der Waals surface area contributed by atoms with E-state index in [1.54, 1.807) is 6.08 Å². The van der Waals surface area contributed by atoms with E-state index in [2.05, 4.69) is 29.4 Å².